The minimum atomic E-state index is -0.372. The van der Waals surface area contributed by atoms with E-state index in [9.17, 15) is 9.18 Å². The van der Waals surface area contributed by atoms with Crippen molar-refractivity contribution in [1.29, 1.82) is 0 Å². The number of hydrogen-bond donors (Lipinski definition) is 1. The number of aryl methyl sites for hydroxylation is 2. The maximum Gasteiger partial charge on any atom is 0.256 e. The zero-order valence-corrected chi connectivity index (χ0v) is 18.0. The number of nitrogens with zero attached hydrogens (tertiary/aromatic N) is 5. The molecule has 1 amide bonds. The van der Waals surface area contributed by atoms with Crippen LogP contribution in [0.3, 0.4) is 0 Å². The predicted octanol–water partition coefficient (Wildman–Crippen LogP) is 3.77. The predicted molar refractivity (Wildman–Crippen MR) is 117 cm³/mol. The van der Waals surface area contributed by atoms with Gasteiger partial charge in [0.2, 0.25) is 0 Å². The molecule has 4 rings (SSSR count). The Bertz CT molecular complexity index is 1060. The zero-order chi connectivity index (χ0) is 22.0. The van der Waals surface area contributed by atoms with E-state index in [1.54, 1.807) is 12.3 Å². The highest BCUT2D eigenvalue weighted by Crippen LogP contribution is 2.27. The lowest BCUT2D eigenvalue weighted by Crippen LogP contribution is -2.51. The van der Waals surface area contributed by atoms with Crippen molar-refractivity contribution in [3.63, 3.8) is 0 Å². The summed E-state index contributed by atoms with van der Waals surface area (Å²) in [7, 11) is 0. The first-order valence-corrected chi connectivity index (χ1v) is 10.6. The fraction of sp³-hybridized carbons (Fsp3) is 0.391. The molecule has 2 aromatic heterocycles. The van der Waals surface area contributed by atoms with Gasteiger partial charge in [-0.05, 0) is 56.9 Å². The largest absolute Gasteiger partial charge is 0.368 e. The molecule has 31 heavy (non-hydrogen) atoms. The number of hydrogen-bond acceptors (Lipinski definition) is 5. The summed E-state index contributed by atoms with van der Waals surface area (Å²) in [6, 6.07) is 8.74. The molecule has 1 fully saturated rings. The van der Waals surface area contributed by atoms with E-state index >= 15 is 0 Å². The lowest BCUT2D eigenvalue weighted by atomic mass is 9.89. The molecule has 0 radical (unpaired) electrons. The maximum atomic E-state index is 13.7. The molecule has 1 N–H and O–H groups in total. The maximum absolute atomic E-state index is 13.7. The minimum Gasteiger partial charge on any atom is -0.368 e. The number of nitrogens with one attached hydrogen (secondary N) is 1. The Hall–Kier alpha value is -3.29. The van der Waals surface area contributed by atoms with Gasteiger partial charge < -0.3 is 10.2 Å². The van der Waals surface area contributed by atoms with Gasteiger partial charge in [-0.2, -0.15) is 15.0 Å². The molecular formula is C23H27FN6O. The zero-order valence-electron chi connectivity index (χ0n) is 18.0. The second kappa shape index (κ2) is 8.83. The quantitative estimate of drug-likeness (QED) is 0.677. The fourth-order valence-electron chi connectivity index (χ4n) is 4.11. The lowest BCUT2D eigenvalue weighted by molar-refractivity contribution is 0.0539. The van der Waals surface area contributed by atoms with E-state index in [1.165, 1.54) is 17.1 Å². The van der Waals surface area contributed by atoms with Gasteiger partial charge in [-0.25, -0.2) is 9.37 Å². The molecule has 0 saturated carbocycles. The van der Waals surface area contributed by atoms with Gasteiger partial charge in [0.25, 0.3) is 5.91 Å². The monoisotopic (exact) mass is 422 g/mol. The summed E-state index contributed by atoms with van der Waals surface area (Å²) in [6.07, 6.45) is 4.87. The minimum absolute atomic E-state index is 0.00576. The topological polar surface area (TPSA) is 75.9 Å². The number of rotatable bonds is 5. The lowest BCUT2D eigenvalue weighted by Gasteiger charge is -2.40. The van der Waals surface area contributed by atoms with Crippen molar-refractivity contribution in [2.24, 2.45) is 5.92 Å². The van der Waals surface area contributed by atoms with E-state index in [-0.39, 0.29) is 17.8 Å². The summed E-state index contributed by atoms with van der Waals surface area (Å²) in [5.74, 6) is 0.518. The Labute approximate surface area is 181 Å². The second-order valence-corrected chi connectivity index (χ2v) is 8.22. The number of carbonyl (C=O) groups is 1. The first-order valence-electron chi connectivity index (χ1n) is 10.6. The number of benzene rings is 1. The molecule has 3 heterocycles. The Morgan fingerprint density at radius 3 is 2.77 bits per heavy atom. The first-order chi connectivity index (χ1) is 14.9. The van der Waals surface area contributed by atoms with Crippen molar-refractivity contribution in [3.05, 3.63) is 65.4 Å². The van der Waals surface area contributed by atoms with Crippen LogP contribution in [0, 0.1) is 25.6 Å². The van der Waals surface area contributed by atoms with Gasteiger partial charge in [0.1, 0.15) is 11.6 Å². The summed E-state index contributed by atoms with van der Waals surface area (Å²) in [4.78, 5) is 21.3. The molecule has 0 bridgehead atoms. The number of anilines is 1. The average Bonchev–Trinajstić information content (AvgIpc) is 3.19. The van der Waals surface area contributed by atoms with Gasteiger partial charge in [0, 0.05) is 13.1 Å². The number of amides is 1. The third kappa shape index (κ3) is 4.57. The van der Waals surface area contributed by atoms with E-state index in [0.717, 1.165) is 24.1 Å². The summed E-state index contributed by atoms with van der Waals surface area (Å²) >= 11 is 0. The van der Waals surface area contributed by atoms with Crippen LogP contribution in [0.2, 0.25) is 0 Å². The number of halogens is 1. The van der Waals surface area contributed by atoms with Gasteiger partial charge in [-0.15, -0.1) is 0 Å². The molecule has 162 valence electrons. The molecule has 1 aromatic carbocycles. The molecule has 2 atom stereocenters. The molecule has 1 aliphatic rings. The highest BCUT2D eigenvalue weighted by molar-refractivity contribution is 5.98. The van der Waals surface area contributed by atoms with E-state index in [4.69, 9.17) is 0 Å². The van der Waals surface area contributed by atoms with Gasteiger partial charge in [-0.3, -0.25) is 4.79 Å². The highest BCUT2D eigenvalue weighted by Gasteiger charge is 2.33. The molecule has 0 aliphatic carbocycles. The molecule has 8 heteroatoms. The van der Waals surface area contributed by atoms with Crippen LogP contribution >= 0.6 is 0 Å². The standard InChI is InChI=1S/C23H27FN6O/c1-15-6-8-20(30-27-12-17(3)28-30)19(11-15)23(31)29-10-4-5-16(2)21(29)14-26-22-9-7-18(24)13-25-22/h6-9,11-13,16,21H,4-5,10,14H2,1-3H3,(H,25,26). The van der Waals surface area contributed by atoms with Crippen LogP contribution in [0.15, 0.2) is 42.7 Å². The normalized spacial score (nSPS) is 18.8. The summed E-state index contributed by atoms with van der Waals surface area (Å²) < 4.78 is 13.2. The Morgan fingerprint density at radius 2 is 2.06 bits per heavy atom. The van der Waals surface area contributed by atoms with Gasteiger partial charge >= 0.3 is 0 Å². The molecule has 0 spiro atoms. The van der Waals surface area contributed by atoms with Crippen molar-refractivity contribution >= 4 is 11.7 Å². The van der Waals surface area contributed by atoms with Gasteiger partial charge in [0.05, 0.1) is 35.4 Å². The van der Waals surface area contributed by atoms with Crippen LogP contribution in [0.5, 0.6) is 0 Å². The van der Waals surface area contributed by atoms with Gasteiger partial charge in [0.15, 0.2) is 0 Å². The number of carbonyl (C=O) groups excluding carboxylic acids is 1. The molecule has 7 nitrogen and oxygen atoms in total. The Kier molecular flexibility index (Phi) is 5.97. The average molecular weight is 423 g/mol. The van der Waals surface area contributed by atoms with Gasteiger partial charge in [-0.1, -0.05) is 18.6 Å². The summed E-state index contributed by atoms with van der Waals surface area (Å²) in [5, 5.41) is 12.0. The van der Waals surface area contributed by atoms with Crippen LogP contribution < -0.4 is 5.32 Å². The van der Waals surface area contributed by atoms with Crippen molar-refractivity contribution in [3.8, 4) is 5.69 Å². The third-order valence-electron chi connectivity index (χ3n) is 5.80. The number of pyridine rings is 1. The Balaban J connectivity index is 1.61. The number of likely N-dealkylation sites (tertiary alicyclic amines) is 1. The smallest absolute Gasteiger partial charge is 0.256 e. The van der Waals surface area contributed by atoms with Crippen molar-refractivity contribution in [2.45, 2.75) is 39.7 Å². The second-order valence-electron chi connectivity index (χ2n) is 8.22. The van der Waals surface area contributed by atoms with Crippen molar-refractivity contribution < 1.29 is 9.18 Å². The van der Waals surface area contributed by atoms with Crippen LogP contribution in [-0.2, 0) is 0 Å². The fourth-order valence-corrected chi connectivity index (χ4v) is 4.11. The number of piperidine rings is 1. The van der Waals surface area contributed by atoms with Crippen LogP contribution in [0.4, 0.5) is 10.2 Å². The number of aromatic nitrogens is 4. The molecule has 2 unspecified atom stereocenters. The van der Waals surface area contributed by atoms with Crippen LogP contribution in [-0.4, -0.2) is 49.9 Å². The first kappa shape index (κ1) is 21.0. The SMILES string of the molecule is Cc1ccc(-n2ncc(C)n2)c(C(=O)N2CCCC(C)C2CNc2ccc(F)cn2)c1. The van der Waals surface area contributed by atoms with Crippen LogP contribution in [0.25, 0.3) is 5.69 Å². The van der Waals surface area contributed by atoms with E-state index < -0.39 is 0 Å². The molecule has 3 aromatic rings. The van der Waals surface area contributed by atoms with E-state index in [0.29, 0.717) is 36.1 Å². The summed E-state index contributed by atoms with van der Waals surface area (Å²) in [5.41, 5.74) is 3.06. The molecule has 1 aliphatic heterocycles. The van der Waals surface area contributed by atoms with Crippen LogP contribution in [0.1, 0.15) is 41.4 Å². The van der Waals surface area contributed by atoms with E-state index in [1.807, 2.05) is 36.9 Å². The Morgan fingerprint density at radius 1 is 1.23 bits per heavy atom. The molecular weight excluding hydrogens is 395 g/mol. The molecule has 1 saturated heterocycles. The van der Waals surface area contributed by atoms with E-state index in [2.05, 4.69) is 27.4 Å². The third-order valence-corrected chi connectivity index (χ3v) is 5.80. The highest BCUT2D eigenvalue weighted by atomic mass is 19.1. The summed E-state index contributed by atoms with van der Waals surface area (Å²) in [6.45, 7) is 7.24. The van der Waals surface area contributed by atoms with Crippen molar-refractivity contribution in [1.82, 2.24) is 24.9 Å². The van der Waals surface area contributed by atoms with Crippen molar-refractivity contribution in [2.75, 3.05) is 18.4 Å².